The van der Waals surface area contributed by atoms with Crippen molar-refractivity contribution in [2.75, 3.05) is 39.5 Å². The fourth-order valence-corrected chi connectivity index (χ4v) is 2.46. The van der Waals surface area contributed by atoms with Crippen molar-refractivity contribution >= 4 is 5.96 Å². The Hall–Kier alpha value is -0.810. The van der Waals surface area contributed by atoms with Gasteiger partial charge in [-0.3, -0.25) is 4.99 Å². The number of ether oxygens (including phenoxy) is 2. The molecule has 2 aliphatic rings. The summed E-state index contributed by atoms with van der Waals surface area (Å²) in [5, 5.41) is 6.67. The van der Waals surface area contributed by atoms with Crippen LogP contribution in [0.1, 0.15) is 33.1 Å². The predicted octanol–water partition coefficient (Wildman–Crippen LogP) is 1.15. The van der Waals surface area contributed by atoms with Crippen LogP contribution < -0.4 is 10.6 Å². The summed E-state index contributed by atoms with van der Waals surface area (Å²) in [4.78, 5) is 4.69. The third kappa shape index (κ3) is 4.66. The zero-order valence-electron chi connectivity index (χ0n) is 12.2. The smallest absolute Gasteiger partial charge is 0.191 e. The average molecular weight is 269 g/mol. The first kappa shape index (κ1) is 14.6. The third-order valence-corrected chi connectivity index (χ3v) is 3.78. The highest BCUT2D eigenvalue weighted by Crippen LogP contribution is 2.27. The highest BCUT2D eigenvalue weighted by atomic mass is 16.5. The van der Waals surface area contributed by atoms with Gasteiger partial charge in [0.2, 0.25) is 0 Å². The third-order valence-electron chi connectivity index (χ3n) is 3.78. The van der Waals surface area contributed by atoms with Crippen LogP contribution in [0.2, 0.25) is 0 Å². The van der Waals surface area contributed by atoms with E-state index in [0.29, 0.717) is 6.10 Å². The Morgan fingerprint density at radius 2 is 2.26 bits per heavy atom. The van der Waals surface area contributed by atoms with Crippen molar-refractivity contribution in [3.8, 4) is 0 Å². The quantitative estimate of drug-likeness (QED) is 0.581. The van der Waals surface area contributed by atoms with Gasteiger partial charge >= 0.3 is 0 Å². The molecule has 2 heterocycles. The summed E-state index contributed by atoms with van der Waals surface area (Å²) in [6.07, 6.45) is 3.77. The lowest BCUT2D eigenvalue weighted by atomic mass is 9.90. The van der Waals surface area contributed by atoms with Crippen LogP contribution in [0.25, 0.3) is 0 Å². The number of guanidine groups is 1. The van der Waals surface area contributed by atoms with Crippen LogP contribution in [0.5, 0.6) is 0 Å². The predicted molar refractivity (Wildman–Crippen MR) is 76.5 cm³/mol. The Morgan fingerprint density at radius 1 is 1.37 bits per heavy atom. The van der Waals surface area contributed by atoms with Crippen LogP contribution >= 0.6 is 0 Å². The van der Waals surface area contributed by atoms with E-state index >= 15 is 0 Å². The topological polar surface area (TPSA) is 54.9 Å². The highest BCUT2D eigenvalue weighted by molar-refractivity contribution is 5.79. The Bertz CT molecular complexity index is 295. The molecule has 0 aliphatic carbocycles. The monoisotopic (exact) mass is 269 g/mol. The molecule has 0 bridgehead atoms. The summed E-state index contributed by atoms with van der Waals surface area (Å²) in [6, 6.07) is 0. The molecule has 0 saturated carbocycles. The summed E-state index contributed by atoms with van der Waals surface area (Å²) >= 11 is 0. The Morgan fingerprint density at radius 3 is 2.89 bits per heavy atom. The first-order valence-corrected chi connectivity index (χ1v) is 7.43. The summed E-state index contributed by atoms with van der Waals surface area (Å²) < 4.78 is 11.1. The lowest BCUT2D eigenvalue weighted by Gasteiger charge is -2.20. The maximum atomic E-state index is 5.61. The van der Waals surface area contributed by atoms with E-state index in [1.807, 2.05) is 0 Å². The molecule has 2 atom stereocenters. The minimum absolute atomic E-state index is 0.201. The van der Waals surface area contributed by atoms with Crippen molar-refractivity contribution in [1.82, 2.24) is 10.6 Å². The molecule has 0 aromatic rings. The lowest BCUT2D eigenvalue weighted by molar-refractivity contribution is 0.113. The Balaban J connectivity index is 1.79. The fourth-order valence-electron chi connectivity index (χ4n) is 2.46. The molecule has 2 rings (SSSR count). The van der Waals surface area contributed by atoms with Gasteiger partial charge in [-0.15, -0.1) is 0 Å². The zero-order chi connectivity index (χ0) is 13.6. The minimum Gasteiger partial charge on any atom is -0.381 e. The van der Waals surface area contributed by atoms with Crippen molar-refractivity contribution < 1.29 is 9.47 Å². The van der Waals surface area contributed by atoms with Crippen LogP contribution in [0.3, 0.4) is 0 Å². The van der Waals surface area contributed by atoms with Crippen molar-refractivity contribution in [2.24, 2.45) is 10.4 Å². The second-order valence-electron chi connectivity index (χ2n) is 5.82. The molecule has 2 unspecified atom stereocenters. The van der Waals surface area contributed by atoms with Crippen LogP contribution in [0.4, 0.5) is 0 Å². The van der Waals surface area contributed by atoms with Gasteiger partial charge in [0.1, 0.15) is 0 Å². The molecule has 19 heavy (non-hydrogen) atoms. The Labute approximate surface area is 116 Å². The van der Waals surface area contributed by atoms with E-state index < -0.39 is 0 Å². The van der Waals surface area contributed by atoms with Crippen molar-refractivity contribution in [2.45, 2.75) is 39.2 Å². The van der Waals surface area contributed by atoms with Crippen molar-refractivity contribution in [1.29, 1.82) is 0 Å². The molecule has 2 saturated heterocycles. The largest absolute Gasteiger partial charge is 0.381 e. The SMILES string of the molecule is CCNC(=NCC1(C)CCOC1)NCC1CCCO1. The van der Waals surface area contributed by atoms with Gasteiger partial charge in [0.15, 0.2) is 5.96 Å². The van der Waals surface area contributed by atoms with Gasteiger partial charge < -0.3 is 20.1 Å². The molecular formula is C14H27N3O2. The van der Waals surface area contributed by atoms with Gasteiger partial charge in [-0.1, -0.05) is 6.92 Å². The van der Waals surface area contributed by atoms with E-state index in [1.54, 1.807) is 0 Å². The van der Waals surface area contributed by atoms with Gasteiger partial charge in [0.05, 0.1) is 19.3 Å². The molecular weight excluding hydrogens is 242 g/mol. The summed E-state index contributed by atoms with van der Waals surface area (Å²) in [5.41, 5.74) is 0.201. The van der Waals surface area contributed by atoms with Gasteiger partial charge in [-0.25, -0.2) is 0 Å². The molecule has 2 fully saturated rings. The first-order valence-electron chi connectivity index (χ1n) is 7.43. The average Bonchev–Trinajstić information content (AvgIpc) is 3.05. The van der Waals surface area contributed by atoms with E-state index in [2.05, 4.69) is 29.5 Å². The highest BCUT2D eigenvalue weighted by Gasteiger charge is 2.29. The number of nitrogens with one attached hydrogen (secondary N) is 2. The molecule has 5 heteroatoms. The zero-order valence-corrected chi connectivity index (χ0v) is 12.2. The molecule has 0 aromatic carbocycles. The molecule has 5 nitrogen and oxygen atoms in total. The molecule has 2 aliphatic heterocycles. The molecule has 2 N–H and O–H groups in total. The number of aliphatic imine (C=N–C) groups is 1. The second kappa shape index (κ2) is 7.10. The number of hydrogen-bond donors (Lipinski definition) is 2. The van der Waals surface area contributed by atoms with Crippen molar-refractivity contribution in [3.05, 3.63) is 0 Å². The van der Waals surface area contributed by atoms with E-state index in [-0.39, 0.29) is 5.41 Å². The van der Waals surface area contributed by atoms with E-state index in [0.717, 1.165) is 58.3 Å². The first-order chi connectivity index (χ1) is 9.22. The van der Waals surface area contributed by atoms with Crippen molar-refractivity contribution in [3.63, 3.8) is 0 Å². The van der Waals surface area contributed by atoms with E-state index in [9.17, 15) is 0 Å². The standard InChI is InChI=1S/C14H27N3O2/c1-3-15-13(16-9-12-5-4-7-19-12)17-10-14(2)6-8-18-11-14/h12H,3-11H2,1-2H3,(H2,15,16,17). The molecule has 0 aromatic heterocycles. The molecule has 0 amide bonds. The normalized spacial score (nSPS) is 31.7. The van der Waals surface area contributed by atoms with Crippen LogP contribution in [-0.4, -0.2) is 51.5 Å². The number of rotatable bonds is 5. The van der Waals surface area contributed by atoms with Crippen LogP contribution in [0, 0.1) is 5.41 Å². The molecule has 0 spiro atoms. The summed E-state index contributed by atoms with van der Waals surface area (Å²) in [7, 11) is 0. The van der Waals surface area contributed by atoms with Gasteiger partial charge in [0.25, 0.3) is 0 Å². The maximum absolute atomic E-state index is 5.61. The second-order valence-corrected chi connectivity index (χ2v) is 5.82. The molecule has 110 valence electrons. The van der Waals surface area contributed by atoms with Gasteiger partial charge in [-0.2, -0.15) is 0 Å². The summed E-state index contributed by atoms with van der Waals surface area (Å²) in [6.45, 7) is 9.46. The number of hydrogen-bond acceptors (Lipinski definition) is 3. The van der Waals surface area contributed by atoms with Gasteiger partial charge in [-0.05, 0) is 26.2 Å². The van der Waals surface area contributed by atoms with Crippen LogP contribution in [-0.2, 0) is 9.47 Å². The number of nitrogens with zero attached hydrogens (tertiary/aromatic N) is 1. The Kier molecular flexibility index (Phi) is 5.45. The maximum Gasteiger partial charge on any atom is 0.191 e. The molecule has 0 radical (unpaired) electrons. The van der Waals surface area contributed by atoms with E-state index in [1.165, 1.54) is 6.42 Å². The van der Waals surface area contributed by atoms with E-state index in [4.69, 9.17) is 9.47 Å². The summed E-state index contributed by atoms with van der Waals surface area (Å²) in [5.74, 6) is 0.895. The fraction of sp³-hybridized carbons (Fsp3) is 0.929. The van der Waals surface area contributed by atoms with Gasteiger partial charge in [0, 0.05) is 31.7 Å². The lowest BCUT2D eigenvalue weighted by Crippen LogP contribution is -2.41. The minimum atomic E-state index is 0.201. The van der Waals surface area contributed by atoms with Crippen LogP contribution in [0.15, 0.2) is 4.99 Å².